The first-order valence-electron chi connectivity index (χ1n) is 7.14. The minimum Gasteiger partial charge on any atom is -0.480 e. The van der Waals surface area contributed by atoms with Crippen LogP contribution < -0.4 is 5.73 Å². The standard InChI is InChI=1S/C16H22N2O3/c1-10-5-6-11(9-12(10)17)14(19)18-8-4-7-16(2,3)13(18)15(20)21/h5-6,9,13H,4,7-8,17H2,1-3H3,(H,20,21). The van der Waals surface area contributed by atoms with Gasteiger partial charge in [-0.1, -0.05) is 19.9 Å². The number of carboxylic acid groups (broad SMARTS) is 1. The van der Waals surface area contributed by atoms with Gasteiger partial charge in [0.05, 0.1) is 0 Å². The molecule has 1 atom stereocenters. The third-order valence-electron chi connectivity index (χ3n) is 4.29. The number of nitrogens with two attached hydrogens (primary N) is 1. The van der Waals surface area contributed by atoms with E-state index in [4.69, 9.17) is 5.73 Å². The zero-order valence-corrected chi connectivity index (χ0v) is 12.7. The molecule has 0 radical (unpaired) electrons. The van der Waals surface area contributed by atoms with Crippen molar-refractivity contribution in [1.29, 1.82) is 0 Å². The molecule has 1 amide bonds. The van der Waals surface area contributed by atoms with E-state index in [1.165, 1.54) is 4.90 Å². The zero-order valence-electron chi connectivity index (χ0n) is 12.7. The Balaban J connectivity index is 2.35. The molecule has 5 nitrogen and oxygen atoms in total. The molecule has 1 aromatic rings. The van der Waals surface area contributed by atoms with Crippen LogP contribution in [-0.4, -0.2) is 34.5 Å². The van der Waals surface area contributed by atoms with E-state index in [1.54, 1.807) is 18.2 Å². The highest BCUT2D eigenvalue weighted by molar-refractivity contribution is 5.97. The van der Waals surface area contributed by atoms with E-state index in [1.807, 2.05) is 20.8 Å². The van der Waals surface area contributed by atoms with Gasteiger partial charge >= 0.3 is 5.97 Å². The first kappa shape index (κ1) is 15.4. The number of rotatable bonds is 2. The molecule has 0 bridgehead atoms. The summed E-state index contributed by atoms with van der Waals surface area (Å²) in [5.74, 6) is -1.21. The second-order valence-electron chi connectivity index (χ2n) is 6.40. The minimum atomic E-state index is -0.951. The molecular formula is C16H22N2O3. The van der Waals surface area contributed by atoms with E-state index >= 15 is 0 Å². The number of carbonyl (C=O) groups is 2. The Labute approximate surface area is 124 Å². The molecule has 1 unspecified atom stereocenters. The minimum absolute atomic E-state index is 0.262. The zero-order chi connectivity index (χ0) is 15.8. The topological polar surface area (TPSA) is 83.6 Å². The normalized spacial score (nSPS) is 21.1. The van der Waals surface area contributed by atoms with Gasteiger partial charge in [-0.25, -0.2) is 4.79 Å². The monoisotopic (exact) mass is 290 g/mol. The summed E-state index contributed by atoms with van der Waals surface area (Å²) < 4.78 is 0. The van der Waals surface area contributed by atoms with Gasteiger partial charge in [0, 0.05) is 17.8 Å². The van der Waals surface area contributed by atoms with E-state index in [0.29, 0.717) is 17.8 Å². The SMILES string of the molecule is Cc1ccc(C(=O)N2CCCC(C)(C)C2C(=O)O)cc1N. The predicted octanol–water partition coefficient (Wildman–Crippen LogP) is 2.29. The van der Waals surface area contributed by atoms with E-state index < -0.39 is 17.4 Å². The summed E-state index contributed by atoms with van der Waals surface area (Å²) >= 11 is 0. The van der Waals surface area contributed by atoms with Crippen molar-refractivity contribution < 1.29 is 14.7 Å². The maximum absolute atomic E-state index is 12.7. The van der Waals surface area contributed by atoms with Gasteiger partial charge in [0.1, 0.15) is 6.04 Å². The third kappa shape index (κ3) is 2.86. The van der Waals surface area contributed by atoms with Gasteiger partial charge in [0.25, 0.3) is 5.91 Å². The fraction of sp³-hybridized carbons (Fsp3) is 0.500. The molecule has 1 heterocycles. The maximum Gasteiger partial charge on any atom is 0.326 e. The number of carboxylic acids is 1. The van der Waals surface area contributed by atoms with Crippen molar-refractivity contribution in [1.82, 2.24) is 4.90 Å². The molecule has 0 aliphatic carbocycles. The molecule has 1 aromatic carbocycles. The average molecular weight is 290 g/mol. The third-order valence-corrected chi connectivity index (χ3v) is 4.29. The Morgan fingerprint density at radius 3 is 2.62 bits per heavy atom. The molecule has 3 N–H and O–H groups in total. The number of piperidine rings is 1. The van der Waals surface area contributed by atoms with Crippen LogP contribution in [-0.2, 0) is 4.79 Å². The Kier molecular flexibility index (Phi) is 3.94. The van der Waals surface area contributed by atoms with Crippen molar-refractivity contribution in [3.63, 3.8) is 0 Å². The number of likely N-dealkylation sites (tertiary alicyclic amines) is 1. The summed E-state index contributed by atoms with van der Waals surface area (Å²) in [6, 6.07) is 4.31. The van der Waals surface area contributed by atoms with E-state index in [0.717, 1.165) is 18.4 Å². The van der Waals surface area contributed by atoms with Gasteiger partial charge in [-0.2, -0.15) is 0 Å². The Morgan fingerprint density at radius 1 is 1.38 bits per heavy atom. The van der Waals surface area contributed by atoms with Crippen LogP contribution >= 0.6 is 0 Å². The van der Waals surface area contributed by atoms with Crippen LogP contribution in [0.5, 0.6) is 0 Å². The number of nitrogen functional groups attached to an aromatic ring is 1. The molecular weight excluding hydrogens is 268 g/mol. The van der Waals surface area contributed by atoms with Gasteiger partial charge in [0.2, 0.25) is 0 Å². The quantitative estimate of drug-likeness (QED) is 0.819. The second-order valence-corrected chi connectivity index (χ2v) is 6.40. The van der Waals surface area contributed by atoms with Crippen LogP contribution in [0, 0.1) is 12.3 Å². The molecule has 1 aliphatic rings. The molecule has 21 heavy (non-hydrogen) atoms. The molecule has 5 heteroatoms. The predicted molar refractivity (Wildman–Crippen MR) is 81.1 cm³/mol. The number of nitrogens with zero attached hydrogens (tertiary/aromatic N) is 1. The lowest BCUT2D eigenvalue weighted by Gasteiger charge is -2.44. The van der Waals surface area contributed by atoms with Crippen LogP contribution in [0.25, 0.3) is 0 Å². The highest BCUT2D eigenvalue weighted by atomic mass is 16.4. The fourth-order valence-corrected chi connectivity index (χ4v) is 3.02. The lowest BCUT2D eigenvalue weighted by Crippen LogP contribution is -2.56. The Bertz CT molecular complexity index is 581. The molecule has 114 valence electrons. The summed E-state index contributed by atoms with van der Waals surface area (Å²) in [5, 5.41) is 9.52. The summed E-state index contributed by atoms with van der Waals surface area (Å²) in [5.41, 5.74) is 7.31. The van der Waals surface area contributed by atoms with Crippen LogP contribution in [0.2, 0.25) is 0 Å². The lowest BCUT2D eigenvalue weighted by molar-refractivity contribution is -0.148. The second kappa shape index (κ2) is 5.39. The number of carbonyl (C=O) groups excluding carboxylic acids is 1. The average Bonchev–Trinajstić information content (AvgIpc) is 2.39. The van der Waals surface area contributed by atoms with Crippen LogP contribution in [0.4, 0.5) is 5.69 Å². The Morgan fingerprint density at radius 2 is 2.05 bits per heavy atom. The van der Waals surface area contributed by atoms with Crippen molar-refractivity contribution in [3.8, 4) is 0 Å². The van der Waals surface area contributed by atoms with E-state index in [2.05, 4.69) is 0 Å². The number of aryl methyl sites for hydroxylation is 1. The molecule has 0 spiro atoms. The number of aliphatic carboxylic acids is 1. The van der Waals surface area contributed by atoms with Crippen LogP contribution in [0.3, 0.4) is 0 Å². The summed E-state index contributed by atoms with van der Waals surface area (Å²) in [7, 11) is 0. The first-order chi connectivity index (χ1) is 9.74. The summed E-state index contributed by atoms with van der Waals surface area (Å²) in [6.45, 7) is 6.13. The largest absolute Gasteiger partial charge is 0.480 e. The van der Waals surface area contributed by atoms with Crippen molar-refractivity contribution in [2.45, 2.75) is 39.7 Å². The van der Waals surface area contributed by atoms with E-state index in [9.17, 15) is 14.7 Å². The van der Waals surface area contributed by atoms with Crippen molar-refractivity contribution >= 4 is 17.6 Å². The molecule has 2 rings (SSSR count). The number of benzene rings is 1. The molecule has 0 aromatic heterocycles. The molecule has 0 saturated carbocycles. The van der Waals surface area contributed by atoms with Gasteiger partial charge in [-0.05, 0) is 42.9 Å². The fourth-order valence-electron chi connectivity index (χ4n) is 3.02. The summed E-state index contributed by atoms with van der Waals surface area (Å²) in [4.78, 5) is 25.8. The van der Waals surface area contributed by atoms with E-state index in [-0.39, 0.29) is 5.91 Å². The van der Waals surface area contributed by atoms with Gasteiger partial charge < -0.3 is 15.7 Å². The maximum atomic E-state index is 12.7. The summed E-state index contributed by atoms with van der Waals surface area (Å²) in [6.07, 6.45) is 1.60. The van der Waals surface area contributed by atoms with Gasteiger partial charge in [-0.15, -0.1) is 0 Å². The lowest BCUT2D eigenvalue weighted by atomic mass is 9.76. The van der Waals surface area contributed by atoms with Gasteiger partial charge in [-0.3, -0.25) is 4.79 Å². The number of anilines is 1. The van der Waals surface area contributed by atoms with Crippen molar-refractivity contribution in [2.24, 2.45) is 5.41 Å². The number of hydrogen-bond donors (Lipinski definition) is 2. The molecule has 1 saturated heterocycles. The highest BCUT2D eigenvalue weighted by Crippen LogP contribution is 2.36. The van der Waals surface area contributed by atoms with Gasteiger partial charge in [0.15, 0.2) is 0 Å². The molecule has 1 fully saturated rings. The smallest absolute Gasteiger partial charge is 0.326 e. The number of amides is 1. The van der Waals surface area contributed by atoms with Crippen molar-refractivity contribution in [3.05, 3.63) is 29.3 Å². The Hall–Kier alpha value is -2.04. The number of hydrogen-bond acceptors (Lipinski definition) is 3. The highest BCUT2D eigenvalue weighted by Gasteiger charge is 2.44. The molecule has 1 aliphatic heterocycles. The first-order valence-corrected chi connectivity index (χ1v) is 7.14. The van der Waals surface area contributed by atoms with Crippen molar-refractivity contribution in [2.75, 3.05) is 12.3 Å². The van der Waals surface area contributed by atoms with Crippen LogP contribution in [0.15, 0.2) is 18.2 Å². The van der Waals surface area contributed by atoms with Crippen LogP contribution in [0.1, 0.15) is 42.6 Å².